The highest BCUT2D eigenvalue weighted by molar-refractivity contribution is 7.89. The Bertz CT molecular complexity index is 948. The van der Waals surface area contributed by atoms with Gasteiger partial charge in [-0.3, -0.25) is 0 Å². The van der Waals surface area contributed by atoms with Crippen LogP contribution in [0.15, 0.2) is 28.8 Å². The summed E-state index contributed by atoms with van der Waals surface area (Å²) in [6, 6.07) is 6.80. The van der Waals surface area contributed by atoms with Crippen LogP contribution >= 0.6 is 0 Å². The van der Waals surface area contributed by atoms with E-state index < -0.39 is 10.0 Å². The van der Waals surface area contributed by atoms with Crippen LogP contribution in [0.3, 0.4) is 0 Å². The summed E-state index contributed by atoms with van der Waals surface area (Å²) in [6.45, 7) is 6.71. The molecule has 10 heteroatoms. The van der Waals surface area contributed by atoms with Crippen LogP contribution in [-0.4, -0.2) is 53.8 Å². The molecule has 1 aliphatic heterocycles. The van der Waals surface area contributed by atoms with E-state index in [1.807, 2.05) is 32.9 Å². The van der Waals surface area contributed by atoms with Crippen molar-refractivity contribution in [2.24, 2.45) is 0 Å². The topological polar surface area (TPSA) is 117 Å². The summed E-state index contributed by atoms with van der Waals surface area (Å²) < 4.78 is 31.1. The van der Waals surface area contributed by atoms with Gasteiger partial charge in [0.15, 0.2) is 5.82 Å². The molecule has 0 atom stereocenters. The van der Waals surface area contributed by atoms with Crippen molar-refractivity contribution in [3.63, 3.8) is 0 Å². The first-order valence-corrected chi connectivity index (χ1v) is 11.9. The molecule has 1 fully saturated rings. The summed E-state index contributed by atoms with van der Waals surface area (Å²) in [5, 5.41) is 9.68. The van der Waals surface area contributed by atoms with Gasteiger partial charge in [-0.2, -0.15) is 4.98 Å². The van der Waals surface area contributed by atoms with Gasteiger partial charge >= 0.3 is 6.03 Å². The molecule has 0 radical (unpaired) electrons. The minimum atomic E-state index is -3.18. The van der Waals surface area contributed by atoms with Gasteiger partial charge in [0.05, 0.1) is 5.75 Å². The first-order valence-electron chi connectivity index (χ1n) is 10.3. The van der Waals surface area contributed by atoms with Crippen LogP contribution in [0.5, 0.6) is 0 Å². The molecule has 0 spiro atoms. The average molecular weight is 436 g/mol. The molecular weight excluding hydrogens is 406 g/mol. The zero-order chi connectivity index (χ0) is 21.7. The maximum atomic E-state index is 12.3. The van der Waals surface area contributed by atoms with E-state index in [1.54, 1.807) is 12.1 Å². The minimum absolute atomic E-state index is 0.0507. The number of aromatic nitrogens is 2. The van der Waals surface area contributed by atoms with Gasteiger partial charge in [-0.25, -0.2) is 17.5 Å². The van der Waals surface area contributed by atoms with E-state index in [0.717, 1.165) is 5.56 Å². The SMILES string of the molecule is CCCS(=O)(=O)N1CCC(NC(=O)Nc2ccc(-c3nc(C(C)C)no3)cc2)CC1. The number of urea groups is 1. The van der Waals surface area contributed by atoms with Gasteiger partial charge in [0, 0.05) is 36.3 Å². The number of anilines is 1. The highest BCUT2D eigenvalue weighted by atomic mass is 32.2. The maximum Gasteiger partial charge on any atom is 0.319 e. The van der Waals surface area contributed by atoms with Gasteiger partial charge in [-0.05, 0) is 43.5 Å². The van der Waals surface area contributed by atoms with E-state index >= 15 is 0 Å². The highest BCUT2D eigenvalue weighted by Crippen LogP contribution is 2.22. The number of piperidine rings is 1. The Kier molecular flexibility index (Phi) is 7.09. The summed E-state index contributed by atoms with van der Waals surface area (Å²) in [5.41, 5.74) is 1.42. The largest absolute Gasteiger partial charge is 0.335 e. The molecule has 0 unspecified atom stereocenters. The number of nitrogens with zero attached hydrogens (tertiary/aromatic N) is 3. The number of carbonyl (C=O) groups is 1. The third-order valence-electron chi connectivity index (χ3n) is 4.99. The van der Waals surface area contributed by atoms with Crippen molar-refractivity contribution in [2.45, 2.75) is 52.0 Å². The predicted molar refractivity (Wildman–Crippen MR) is 115 cm³/mol. The van der Waals surface area contributed by atoms with E-state index in [4.69, 9.17) is 4.52 Å². The summed E-state index contributed by atoms with van der Waals surface area (Å²) >= 11 is 0. The first kappa shape index (κ1) is 22.2. The second-order valence-electron chi connectivity index (χ2n) is 7.78. The fourth-order valence-corrected chi connectivity index (χ4v) is 4.84. The third-order valence-corrected chi connectivity index (χ3v) is 7.07. The number of amides is 2. The van der Waals surface area contributed by atoms with E-state index in [1.165, 1.54) is 4.31 Å². The smallest absolute Gasteiger partial charge is 0.319 e. The highest BCUT2D eigenvalue weighted by Gasteiger charge is 2.28. The molecule has 3 rings (SSSR count). The second-order valence-corrected chi connectivity index (χ2v) is 9.87. The number of carbonyl (C=O) groups excluding carboxylic acids is 1. The zero-order valence-electron chi connectivity index (χ0n) is 17.6. The monoisotopic (exact) mass is 435 g/mol. The van der Waals surface area contributed by atoms with Crippen molar-refractivity contribution < 1.29 is 17.7 Å². The molecule has 1 aromatic heterocycles. The van der Waals surface area contributed by atoms with Gasteiger partial charge in [0.1, 0.15) is 0 Å². The van der Waals surface area contributed by atoms with Crippen LogP contribution in [-0.2, 0) is 10.0 Å². The molecule has 1 aromatic carbocycles. The van der Waals surface area contributed by atoms with Crippen LogP contribution in [0.2, 0.25) is 0 Å². The quantitative estimate of drug-likeness (QED) is 0.690. The van der Waals surface area contributed by atoms with E-state index in [9.17, 15) is 13.2 Å². The third kappa shape index (κ3) is 5.57. The molecule has 0 aliphatic carbocycles. The number of hydrogen-bond donors (Lipinski definition) is 2. The molecule has 0 bridgehead atoms. The molecule has 164 valence electrons. The Hall–Kier alpha value is -2.46. The molecule has 1 saturated heterocycles. The lowest BCUT2D eigenvalue weighted by atomic mass is 10.1. The Balaban J connectivity index is 1.49. The van der Waals surface area contributed by atoms with Gasteiger partial charge in [-0.15, -0.1) is 0 Å². The van der Waals surface area contributed by atoms with Crippen molar-refractivity contribution in [1.29, 1.82) is 0 Å². The van der Waals surface area contributed by atoms with Crippen LogP contribution in [0.4, 0.5) is 10.5 Å². The lowest BCUT2D eigenvalue weighted by Crippen LogP contribution is -2.47. The van der Waals surface area contributed by atoms with Crippen LogP contribution in [0.25, 0.3) is 11.5 Å². The number of sulfonamides is 1. The molecule has 2 N–H and O–H groups in total. The number of nitrogens with one attached hydrogen (secondary N) is 2. The molecule has 1 aliphatic rings. The van der Waals surface area contributed by atoms with Gasteiger partial charge < -0.3 is 15.2 Å². The lowest BCUT2D eigenvalue weighted by molar-refractivity contribution is 0.238. The zero-order valence-corrected chi connectivity index (χ0v) is 18.4. The molecule has 9 nitrogen and oxygen atoms in total. The Morgan fingerprint density at radius 1 is 1.23 bits per heavy atom. The molecular formula is C20H29N5O4S. The minimum Gasteiger partial charge on any atom is -0.335 e. The lowest BCUT2D eigenvalue weighted by Gasteiger charge is -2.31. The normalized spacial score (nSPS) is 16.0. The second kappa shape index (κ2) is 9.57. The molecule has 2 amide bonds. The van der Waals surface area contributed by atoms with Gasteiger partial charge in [-0.1, -0.05) is 25.9 Å². The Morgan fingerprint density at radius 2 is 1.90 bits per heavy atom. The number of benzene rings is 1. The van der Waals surface area contributed by atoms with Crippen LogP contribution in [0, 0.1) is 0 Å². The predicted octanol–water partition coefficient (Wildman–Crippen LogP) is 3.19. The number of hydrogen-bond acceptors (Lipinski definition) is 6. The molecule has 2 aromatic rings. The molecule has 0 saturated carbocycles. The van der Waals surface area contributed by atoms with Crippen LogP contribution in [0.1, 0.15) is 51.8 Å². The van der Waals surface area contributed by atoms with Crippen molar-refractivity contribution in [3.8, 4) is 11.5 Å². The van der Waals surface area contributed by atoms with Gasteiger partial charge in [0.25, 0.3) is 5.89 Å². The summed E-state index contributed by atoms with van der Waals surface area (Å²) in [5.74, 6) is 1.45. The molecule has 2 heterocycles. The van der Waals surface area contributed by atoms with Crippen LogP contribution < -0.4 is 10.6 Å². The maximum absolute atomic E-state index is 12.3. The average Bonchev–Trinajstić information content (AvgIpc) is 3.19. The van der Waals surface area contributed by atoms with Crippen molar-refractivity contribution in [3.05, 3.63) is 30.1 Å². The standard InChI is InChI=1S/C20H29N5O4S/c1-4-13-30(27,28)25-11-9-17(10-12-25)22-20(26)21-16-7-5-15(6-8-16)19-23-18(14(2)3)24-29-19/h5-8,14,17H,4,9-13H2,1-3H3,(H2,21,22,26). The summed E-state index contributed by atoms with van der Waals surface area (Å²) in [7, 11) is -3.18. The Labute approximate surface area is 177 Å². The van der Waals surface area contributed by atoms with E-state index in [-0.39, 0.29) is 23.7 Å². The van der Waals surface area contributed by atoms with Crippen molar-refractivity contribution in [1.82, 2.24) is 19.8 Å². The van der Waals surface area contributed by atoms with Crippen molar-refractivity contribution in [2.75, 3.05) is 24.2 Å². The number of rotatable bonds is 7. The first-order chi connectivity index (χ1) is 14.3. The van der Waals surface area contributed by atoms with Gasteiger partial charge in [0.2, 0.25) is 10.0 Å². The Morgan fingerprint density at radius 3 is 2.47 bits per heavy atom. The van der Waals surface area contributed by atoms with E-state index in [0.29, 0.717) is 49.8 Å². The molecule has 30 heavy (non-hydrogen) atoms. The summed E-state index contributed by atoms with van der Waals surface area (Å²) in [4.78, 5) is 16.7. The van der Waals surface area contributed by atoms with E-state index in [2.05, 4.69) is 20.8 Å². The van der Waals surface area contributed by atoms with Crippen molar-refractivity contribution >= 4 is 21.7 Å². The fourth-order valence-electron chi connectivity index (χ4n) is 3.30. The fraction of sp³-hybridized carbons (Fsp3) is 0.550. The summed E-state index contributed by atoms with van der Waals surface area (Å²) in [6.07, 6.45) is 1.81.